The molecule has 1 saturated carbocycles. The molecule has 2 aromatic carbocycles. The van der Waals surface area contributed by atoms with Crippen molar-refractivity contribution in [2.75, 3.05) is 32.7 Å². The first-order chi connectivity index (χ1) is 16.2. The van der Waals surface area contributed by atoms with E-state index in [4.69, 9.17) is 4.74 Å². The first-order valence-corrected chi connectivity index (χ1v) is 13.2. The van der Waals surface area contributed by atoms with E-state index < -0.39 is 5.60 Å². The number of likely N-dealkylation sites (tertiary alicyclic amines) is 2. The smallest absolute Gasteiger partial charge is 0.127 e. The summed E-state index contributed by atoms with van der Waals surface area (Å²) in [4.78, 5) is 5.34. The Morgan fingerprint density at radius 1 is 0.818 bits per heavy atom. The zero-order chi connectivity index (χ0) is 22.5. The van der Waals surface area contributed by atoms with Crippen LogP contribution in [-0.4, -0.2) is 59.3 Å². The molecule has 0 aromatic heterocycles. The van der Waals surface area contributed by atoms with E-state index in [2.05, 4.69) is 28.0 Å². The zero-order valence-electron chi connectivity index (χ0n) is 20.0. The molecular weight excluding hydrogens is 408 g/mol. The van der Waals surface area contributed by atoms with E-state index in [0.717, 1.165) is 62.9 Å². The second-order valence-electron chi connectivity index (χ2n) is 10.5. The van der Waals surface area contributed by atoms with Gasteiger partial charge in [-0.15, -0.1) is 0 Å². The molecule has 1 unspecified atom stereocenters. The van der Waals surface area contributed by atoms with Crippen LogP contribution in [0.25, 0.3) is 0 Å². The summed E-state index contributed by atoms with van der Waals surface area (Å²) >= 11 is 0. The summed E-state index contributed by atoms with van der Waals surface area (Å²) in [6.45, 7) is 5.82. The van der Waals surface area contributed by atoms with Gasteiger partial charge in [-0.2, -0.15) is 0 Å². The highest BCUT2D eigenvalue weighted by molar-refractivity contribution is 5.36. The number of para-hydroxylation sites is 1. The van der Waals surface area contributed by atoms with E-state index in [1.165, 1.54) is 50.8 Å². The normalized spacial score (nSPS) is 23.4. The Kier molecular flexibility index (Phi) is 7.34. The number of nitrogens with zero attached hydrogens (tertiary/aromatic N) is 2. The Hall–Kier alpha value is -1.88. The van der Waals surface area contributed by atoms with Crippen molar-refractivity contribution in [2.45, 2.75) is 75.3 Å². The quantitative estimate of drug-likeness (QED) is 0.579. The molecule has 5 rings (SSSR count). The maximum Gasteiger partial charge on any atom is 0.127 e. The molecule has 3 fully saturated rings. The van der Waals surface area contributed by atoms with Crippen LogP contribution in [0, 0.1) is 0 Å². The van der Waals surface area contributed by atoms with Crippen molar-refractivity contribution in [3.63, 3.8) is 0 Å². The highest BCUT2D eigenvalue weighted by atomic mass is 16.5. The largest absolute Gasteiger partial charge is 0.457 e. The van der Waals surface area contributed by atoms with Gasteiger partial charge in [0.25, 0.3) is 0 Å². The Morgan fingerprint density at radius 2 is 1.52 bits per heavy atom. The van der Waals surface area contributed by atoms with Crippen molar-refractivity contribution in [1.82, 2.24) is 9.80 Å². The van der Waals surface area contributed by atoms with Crippen LogP contribution >= 0.6 is 0 Å². The molecule has 33 heavy (non-hydrogen) atoms. The monoisotopic (exact) mass is 448 g/mol. The van der Waals surface area contributed by atoms with Gasteiger partial charge in [0.05, 0.1) is 5.60 Å². The molecule has 2 aliphatic heterocycles. The predicted molar refractivity (Wildman–Crippen MR) is 134 cm³/mol. The highest BCUT2D eigenvalue weighted by Crippen LogP contribution is 2.42. The minimum atomic E-state index is -0.616. The van der Waals surface area contributed by atoms with Gasteiger partial charge in [-0.25, -0.2) is 0 Å². The molecule has 0 spiro atoms. The van der Waals surface area contributed by atoms with Gasteiger partial charge in [0.2, 0.25) is 0 Å². The highest BCUT2D eigenvalue weighted by Gasteiger charge is 2.40. The summed E-state index contributed by atoms with van der Waals surface area (Å²) in [6, 6.07) is 19.2. The van der Waals surface area contributed by atoms with Gasteiger partial charge in [-0.05, 0) is 94.5 Å². The fraction of sp³-hybridized carbons (Fsp3) is 0.586. The van der Waals surface area contributed by atoms with Gasteiger partial charge in [-0.3, -0.25) is 0 Å². The summed E-state index contributed by atoms with van der Waals surface area (Å²) in [6.07, 6.45) is 10.6. The van der Waals surface area contributed by atoms with Gasteiger partial charge < -0.3 is 19.6 Å². The van der Waals surface area contributed by atoms with Crippen LogP contribution in [0.3, 0.4) is 0 Å². The number of hydrogen-bond acceptors (Lipinski definition) is 4. The van der Waals surface area contributed by atoms with Gasteiger partial charge in [0.1, 0.15) is 11.5 Å². The van der Waals surface area contributed by atoms with Crippen molar-refractivity contribution in [2.24, 2.45) is 0 Å². The minimum Gasteiger partial charge on any atom is -0.457 e. The lowest BCUT2D eigenvalue weighted by Gasteiger charge is -2.44. The van der Waals surface area contributed by atoms with Crippen LogP contribution in [0.5, 0.6) is 11.5 Å². The van der Waals surface area contributed by atoms with Crippen LogP contribution < -0.4 is 4.74 Å². The number of rotatable bonds is 7. The van der Waals surface area contributed by atoms with E-state index in [1.54, 1.807) is 0 Å². The summed E-state index contributed by atoms with van der Waals surface area (Å²) in [7, 11) is 0. The second-order valence-corrected chi connectivity index (χ2v) is 10.5. The van der Waals surface area contributed by atoms with Crippen LogP contribution in [0.1, 0.15) is 69.3 Å². The number of hydrogen-bond donors (Lipinski definition) is 1. The third kappa shape index (κ3) is 5.62. The van der Waals surface area contributed by atoms with E-state index in [-0.39, 0.29) is 5.92 Å². The number of ether oxygens (including phenoxy) is 1. The fourth-order valence-corrected chi connectivity index (χ4v) is 6.35. The molecule has 2 saturated heterocycles. The van der Waals surface area contributed by atoms with Gasteiger partial charge in [0, 0.05) is 18.5 Å². The molecule has 2 heterocycles. The van der Waals surface area contributed by atoms with Crippen molar-refractivity contribution < 1.29 is 9.84 Å². The molecule has 1 N–H and O–H groups in total. The van der Waals surface area contributed by atoms with Crippen LogP contribution in [0.15, 0.2) is 54.6 Å². The molecule has 2 aromatic rings. The van der Waals surface area contributed by atoms with Crippen molar-refractivity contribution in [1.29, 1.82) is 0 Å². The number of benzene rings is 2. The van der Waals surface area contributed by atoms with E-state index >= 15 is 0 Å². The Morgan fingerprint density at radius 3 is 2.24 bits per heavy atom. The Bertz CT molecular complexity index is 866. The lowest BCUT2D eigenvalue weighted by Crippen LogP contribution is -2.48. The maximum absolute atomic E-state index is 11.8. The van der Waals surface area contributed by atoms with Gasteiger partial charge in [0.15, 0.2) is 0 Å². The maximum atomic E-state index is 11.8. The van der Waals surface area contributed by atoms with Gasteiger partial charge >= 0.3 is 0 Å². The summed E-state index contributed by atoms with van der Waals surface area (Å²) < 4.78 is 6.15. The number of aliphatic hydroxyl groups is 1. The molecule has 1 aliphatic carbocycles. The molecule has 0 bridgehead atoms. The summed E-state index contributed by atoms with van der Waals surface area (Å²) in [5.41, 5.74) is 0.601. The average Bonchev–Trinajstić information content (AvgIpc) is 3.39. The van der Waals surface area contributed by atoms with Crippen molar-refractivity contribution in [3.05, 3.63) is 60.2 Å². The zero-order valence-corrected chi connectivity index (χ0v) is 20.0. The van der Waals surface area contributed by atoms with E-state index in [1.807, 2.05) is 36.4 Å². The molecule has 1 atom stereocenters. The number of piperidine rings is 1. The van der Waals surface area contributed by atoms with E-state index in [9.17, 15) is 5.11 Å². The molecule has 4 heteroatoms. The topological polar surface area (TPSA) is 35.9 Å². The van der Waals surface area contributed by atoms with Crippen LogP contribution in [0.2, 0.25) is 0 Å². The average molecular weight is 449 g/mol. The molecule has 4 nitrogen and oxygen atoms in total. The lowest BCUT2D eigenvalue weighted by atomic mass is 9.72. The van der Waals surface area contributed by atoms with Crippen molar-refractivity contribution >= 4 is 0 Å². The fourth-order valence-electron chi connectivity index (χ4n) is 6.35. The first kappa shape index (κ1) is 22.9. The lowest BCUT2D eigenvalue weighted by molar-refractivity contribution is -0.0338. The predicted octanol–water partition coefficient (Wildman–Crippen LogP) is 5.82. The van der Waals surface area contributed by atoms with Crippen LogP contribution in [-0.2, 0) is 0 Å². The molecule has 0 radical (unpaired) electrons. The third-order valence-electron chi connectivity index (χ3n) is 8.26. The standard InChI is InChI=1S/C29H40N2O2/c32-29(16-5-2-6-17-29)28(23-30-20-14-25(15-21-30)31-18-7-8-19-31)24-10-9-13-27(22-24)33-26-11-3-1-4-12-26/h1,3-4,9-13,22,25,28,32H,2,5-8,14-21,23H2. The van der Waals surface area contributed by atoms with Crippen molar-refractivity contribution in [3.8, 4) is 11.5 Å². The third-order valence-corrected chi connectivity index (χ3v) is 8.26. The van der Waals surface area contributed by atoms with Crippen LogP contribution in [0.4, 0.5) is 0 Å². The minimum absolute atomic E-state index is 0.125. The van der Waals surface area contributed by atoms with E-state index in [0.29, 0.717) is 0 Å². The molecule has 178 valence electrons. The summed E-state index contributed by atoms with van der Waals surface area (Å²) in [5, 5.41) is 11.8. The summed E-state index contributed by atoms with van der Waals surface area (Å²) in [5.74, 6) is 1.84. The Balaban J connectivity index is 1.31. The second kappa shape index (κ2) is 10.6. The first-order valence-electron chi connectivity index (χ1n) is 13.2. The SMILES string of the molecule is OC1(C(CN2CCC(N3CCCC3)CC2)c2cccc(Oc3ccccc3)c2)CCCCC1. The Labute approximate surface area is 199 Å². The molecular formula is C29H40N2O2. The molecule has 3 aliphatic rings. The van der Waals surface area contributed by atoms with Gasteiger partial charge in [-0.1, -0.05) is 49.6 Å². The molecule has 0 amide bonds.